The maximum atomic E-state index is 14.4. The molecule has 1 N–H and O–H groups in total. The molecule has 0 aromatic heterocycles. The van der Waals surface area contributed by atoms with Crippen LogP contribution in [0.2, 0.25) is 0 Å². The number of benzene rings is 2. The minimum atomic E-state index is -1.90. The van der Waals surface area contributed by atoms with Gasteiger partial charge in [-0.1, -0.05) is 89.4 Å². The number of amides is 3. The van der Waals surface area contributed by atoms with Crippen LogP contribution < -0.4 is 0 Å². The normalized spacial score (nSPS) is 18.9. The van der Waals surface area contributed by atoms with Crippen LogP contribution >= 0.6 is 34.8 Å². The molecule has 4 rings (SSSR count). The lowest BCUT2D eigenvalue weighted by Gasteiger charge is -2.51. The van der Waals surface area contributed by atoms with Crippen molar-refractivity contribution in [3.63, 3.8) is 0 Å². The second-order valence-corrected chi connectivity index (χ2v) is 13.9. The van der Waals surface area contributed by atoms with Crippen LogP contribution in [0, 0.1) is 0 Å². The number of hydrogen-bond acceptors (Lipinski definition) is 5. The minimum absolute atomic E-state index is 0.00601. The van der Waals surface area contributed by atoms with E-state index in [-0.39, 0.29) is 31.5 Å². The zero-order valence-electron chi connectivity index (χ0n) is 24.9. The molecule has 1 saturated heterocycles. The molecule has 2 bridgehead atoms. The Hall–Kier alpha value is -2.78. The summed E-state index contributed by atoms with van der Waals surface area (Å²) in [5.41, 5.74) is 2.62. The van der Waals surface area contributed by atoms with E-state index in [9.17, 15) is 19.5 Å². The van der Waals surface area contributed by atoms with E-state index < -0.39 is 27.6 Å². The maximum Gasteiger partial charge on any atom is 0.411 e. The SMILES string of the molecule is CC(=O)N1CC2CC(c3cccc(CCO)c3)=C(C(=O)N(C)CCc3ccccc3)[C@@H](C1)N2C(=O)OC(C)(C)C(Cl)(Cl)Cl. The second-order valence-electron chi connectivity index (χ2n) is 11.6. The highest BCUT2D eigenvalue weighted by atomic mass is 35.6. The first-order valence-corrected chi connectivity index (χ1v) is 15.4. The highest BCUT2D eigenvalue weighted by molar-refractivity contribution is 6.68. The number of piperazine rings is 1. The quantitative estimate of drug-likeness (QED) is 0.394. The van der Waals surface area contributed by atoms with Crippen molar-refractivity contribution in [2.24, 2.45) is 0 Å². The summed E-state index contributed by atoms with van der Waals surface area (Å²) in [5.74, 6) is -0.395. The number of aliphatic hydroxyl groups is 1. The van der Waals surface area contributed by atoms with Crippen molar-refractivity contribution in [3.8, 4) is 0 Å². The number of carbonyl (C=O) groups is 3. The average molecular weight is 651 g/mol. The van der Waals surface area contributed by atoms with Gasteiger partial charge in [0.1, 0.15) is 0 Å². The van der Waals surface area contributed by atoms with Crippen LogP contribution in [0.25, 0.3) is 5.57 Å². The Morgan fingerprint density at radius 2 is 1.67 bits per heavy atom. The summed E-state index contributed by atoms with van der Waals surface area (Å²) in [7, 11) is 1.74. The van der Waals surface area contributed by atoms with Gasteiger partial charge in [0.05, 0.1) is 12.1 Å². The summed E-state index contributed by atoms with van der Waals surface area (Å²) >= 11 is 18.4. The Morgan fingerprint density at radius 1 is 1.00 bits per heavy atom. The minimum Gasteiger partial charge on any atom is -0.439 e. The number of fused-ring (bicyclic) bond motifs is 2. The van der Waals surface area contributed by atoms with Crippen LogP contribution in [0.4, 0.5) is 4.79 Å². The van der Waals surface area contributed by atoms with Gasteiger partial charge in [-0.25, -0.2) is 4.79 Å². The summed E-state index contributed by atoms with van der Waals surface area (Å²) in [6, 6.07) is 16.3. The Labute approximate surface area is 268 Å². The monoisotopic (exact) mass is 649 g/mol. The largest absolute Gasteiger partial charge is 0.439 e. The molecule has 0 aliphatic carbocycles. The number of carbonyl (C=O) groups excluding carboxylic acids is 3. The lowest BCUT2D eigenvalue weighted by atomic mass is 9.81. The van der Waals surface area contributed by atoms with Gasteiger partial charge in [0, 0.05) is 45.8 Å². The standard InChI is InChI=1S/C32H38Cl3N3O5/c1-21(40)37-19-25-18-26(24-12-8-11-23(17-24)14-16-39)28(29(41)36(4)15-13-22-9-6-5-7-10-22)27(20-37)38(25)30(42)43-31(2,3)32(33,34)35/h5-12,17,25,27,39H,13-16,18-20H2,1-4H3/t25?,27-/m1/s1. The molecule has 2 aromatic rings. The van der Waals surface area contributed by atoms with E-state index in [1.807, 2.05) is 54.6 Å². The van der Waals surface area contributed by atoms with Crippen LogP contribution in [-0.2, 0) is 27.2 Å². The first-order valence-electron chi connectivity index (χ1n) is 14.3. The number of hydrogen-bond donors (Lipinski definition) is 1. The van der Waals surface area contributed by atoms with Gasteiger partial charge in [0.25, 0.3) is 5.91 Å². The van der Waals surface area contributed by atoms with E-state index in [1.165, 1.54) is 25.7 Å². The summed E-state index contributed by atoms with van der Waals surface area (Å²) in [5, 5.41) is 9.55. The Bertz CT molecular complexity index is 1380. The van der Waals surface area contributed by atoms with Gasteiger partial charge < -0.3 is 19.6 Å². The topological polar surface area (TPSA) is 90.4 Å². The molecule has 43 heavy (non-hydrogen) atoms. The van der Waals surface area contributed by atoms with Gasteiger partial charge in [-0.2, -0.15) is 0 Å². The number of aliphatic hydroxyl groups excluding tert-OH is 1. The zero-order chi connectivity index (χ0) is 31.5. The van der Waals surface area contributed by atoms with Gasteiger partial charge >= 0.3 is 6.09 Å². The van der Waals surface area contributed by atoms with E-state index in [0.29, 0.717) is 31.4 Å². The predicted molar refractivity (Wildman–Crippen MR) is 169 cm³/mol. The number of ether oxygens (including phenoxy) is 1. The molecule has 2 aliphatic heterocycles. The van der Waals surface area contributed by atoms with E-state index in [0.717, 1.165) is 22.3 Å². The van der Waals surface area contributed by atoms with Crippen LogP contribution in [0.15, 0.2) is 60.2 Å². The molecule has 2 aromatic carbocycles. The lowest BCUT2D eigenvalue weighted by Crippen LogP contribution is -2.65. The molecule has 2 atom stereocenters. The third-order valence-electron chi connectivity index (χ3n) is 8.16. The molecule has 0 saturated carbocycles. The molecule has 0 radical (unpaired) electrons. The molecule has 1 unspecified atom stereocenters. The van der Waals surface area contributed by atoms with Crippen LogP contribution in [0.1, 0.15) is 43.9 Å². The summed E-state index contributed by atoms with van der Waals surface area (Å²) in [6.45, 7) is 5.32. The molecule has 11 heteroatoms. The highest BCUT2D eigenvalue weighted by Gasteiger charge is 2.51. The van der Waals surface area contributed by atoms with Crippen molar-refractivity contribution in [2.45, 2.75) is 61.5 Å². The molecule has 0 spiro atoms. The number of alkyl halides is 3. The fourth-order valence-corrected chi connectivity index (χ4v) is 5.72. The lowest BCUT2D eigenvalue weighted by molar-refractivity contribution is -0.135. The van der Waals surface area contributed by atoms with E-state index in [2.05, 4.69) is 0 Å². The third-order valence-corrected chi connectivity index (χ3v) is 9.53. The van der Waals surface area contributed by atoms with E-state index >= 15 is 0 Å². The third kappa shape index (κ3) is 7.48. The van der Waals surface area contributed by atoms with Gasteiger partial charge in [-0.15, -0.1) is 0 Å². The van der Waals surface area contributed by atoms with Crippen molar-refractivity contribution < 1.29 is 24.2 Å². The molecule has 1 fully saturated rings. The Balaban J connectivity index is 1.80. The van der Waals surface area contributed by atoms with Crippen molar-refractivity contribution in [1.82, 2.24) is 14.7 Å². The van der Waals surface area contributed by atoms with E-state index in [1.54, 1.807) is 16.8 Å². The molecule has 2 heterocycles. The van der Waals surface area contributed by atoms with Gasteiger partial charge in [0.15, 0.2) is 5.60 Å². The van der Waals surface area contributed by atoms with Gasteiger partial charge in [-0.05, 0) is 55.4 Å². The number of halogens is 3. The first-order chi connectivity index (χ1) is 20.2. The smallest absolute Gasteiger partial charge is 0.411 e. The fourth-order valence-electron chi connectivity index (χ4n) is 5.61. The van der Waals surface area contributed by atoms with Gasteiger partial charge in [-0.3, -0.25) is 14.5 Å². The van der Waals surface area contributed by atoms with Crippen molar-refractivity contribution >= 4 is 58.3 Å². The van der Waals surface area contributed by atoms with Crippen molar-refractivity contribution in [2.75, 3.05) is 33.3 Å². The van der Waals surface area contributed by atoms with Crippen LogP contribution in [0.5, 0.6) is 0 Å². The number of rotatable bonds is 8. The molecule has 232 valence electrons. The highest BCUT2D eigenvalue weighted by Crippen LogP contribution is 2.43. The molecule has 3 amide bonds. The zero-order valence-corrected chi connectivity index (χ0v) is 27.1. The van der Waals surface area contributed by atoms with Crippen molar-refractivity contribution in [3.05, 3.63) is 76.9 Å². The van der Waals surface area contributed by atoms with Crippen LogP contribution in [0.3, 0.4) is 0 Å². The Kier molecular flexibility index (Phi) is 10.4. The van der Waals surface area contributed by atoms with Gasteiger partial charge in [0.2, 0.25) is 9.70 Å². The van der Waals surface area contributed by atoms with E-state index in [4.69, 9.17) is 39.5 Å². The molecule has 8 nitrogen and oxygen atoms in total. The molecule has 2 aliphatic rings. The Morgan fingerprint density at radius 3 is 2.30 bits per heavy atom. The number of nitrogens with zero attached hydrogens (tertiary/aromatic N) is 3. The second kappa shape index (κ2) is 13.5. The molecular formula is C32H38Cl3N3O5. The summed E-state index contributed by atoms with van der Waals surface area (Å²) in [6.07, 6.45) is 0.699. The number of likely N-dealkylation sites (N-methyl/N-ethyl adjacent to an activating group) is 1. The summed E-state index contributed by atoms with van der Waals surface area (Å²) < 4.78 is 3.87. The van der Waals surface area contributed by atoms with Crippen LogP contribution in [-0.4, -0.2) is 92.5 Å². The van der Waals surface area contributed by atoms with Crippen molar-refractivity contribution in [1.29, 1.82) is 0 Å². The first kappa shape index (κ1) is 33.1. The maximum absolute atomic E-state index is 14.4. The summed E-state index contributed by atoms with van der Waals surface area (Å²) in [4.78, 5) is 45.7. The molecular weight excluding hydrogens is 613 g/mol. The fraction of sp³-hybridized carbons (Fsp3) is 0.469. The average Bonchev–Trinajstić information content (AvgIpc) is 2.94. The predicted octanol–water partition coefficient (Wildman–Crippen LogP) is 5.27.